The fraction of sp³-hybridized carbons (Fsp3) is 0.577. The van der Waals surface area contributed by atoms with E-state index >= 15 is 4.39 Å². The Morgan fingerprint density at radius 1 is 1.07 bits per heavy atom. The van der Waals surface area contributed by atoms with E-state index in [1.807, 2.05) is 0 Å². The van der Waals surface area contributed by atoms with Crippen LogP contribution in [0.5, 0.6) is 0 Å². The van der Waals surface area contributed by atoms with Gasteiger partial charge in [-0.1, -0.05) is 38.7 Å². The van der Waals surface area contributed by atoms with Gasteiger partial charge in [0.2, 0.25) is 0 Å². The lowest BCUT2D eigenvalue weighted by Gasteiger charge is -2.42. The Morgan fingerprint density at radius 2 is 1.83 bits per heavy atom. The summed E-state index contributed by atoms with van der Waals surface area (Å²) in [5.74, 6) is 0.753. The summed E-state index contributed by atoms with van der Waals surface area (Å²) in [6, 6.07) is 6.19. The van der Waals surface area contributed by atoms with Crippen molar-refractivity contribution in [2.75, 3.05) is 7.11 Å². The molecule has 4 unspecified atom stereocenters. The Hall–Kier alpha value is -1.97. The maximum absolute atomic E-state index is 15.0. The molecule has 0 amide bonds. The Bertz CT molecular complexity index is 923. The van der Waals surface area contributed by atoms with Crippen LogP contribution in [0, 0.1) is 29.4 Å². The van der Waals surface area contributed by atoms with E-state index < -0.39 is 11.8 Å². The zero-order valence-electron chi connectivity index (χ0n) is 18.1. The lowest BCUT2D eigenvalue weighted by molar-refractivity contribution is 0.0596. The van der Waals surface area contributed by atoms with E-state index in [0.717, 1.165) is 24.7 Å². The van der Waals surface area contributed by atoms with Gasteiger partial charge in [-0.05, 0) is 84.9 Å². The number of ether oxygens (including phenoxy) is 1. The van der Waals surface area contributed by atoms with Crippen LogP contribution >= 0.6 is 0 Å². The van der Waals surface area contributed by atoms with Crippen molar-refractivity contribution in [3.63, 3.8) is 0 Å². The van der Waals surface area contributed by atoms with Crippen LogP contribution in [0.3, 0.4) is 0 Å². The van der Waals surface area contributed by atoms with Crippen LogP contribution in [-0.2, 0) is 4.74 Å². The predicted molar refractivity (Wildman–Crippen MR) is 116 cm³/mol. The molecule has 2 aliphatic carbocycles. The summed E-state index contributed by atoms with van der Waals surface area (Å²) in [5, 5.41) is 0.784. The minimum Gasteiger partial charge on any atom is -0.465 e. The second-order valence-corrected chi connectivity index (χ2v) is 9.36. The minimum absolute atomic E-state index is 0.143. The van der Waals surface area contributed by atoms with Gasteiger partial charge >= 0.3 is 5.97 Å². The molecule has 0 aromatic heterocycles. The van der Waals surface area contributed by atoms with E-state index in [1.165, 1.54) is 64.2 Å². The third-order valence-corrected chi connectivity index (χ3v) is 7.60. The van der Waals surface area contributed by atoms with Gasteiger partial charge < -0.3 is 4.74 Å². The molecular formula is C26H32F2O2. The van der Waals surface area contributed by atoms with Crippen LogP contribution in [0.25, 0.3) is 10.8 Å². The number of halogens is 2. The highest BCUT2D eigenvalue weighted by Gasteiger charge is 2.36. The van der Waals surface area contributed by atoms with Crippen LogP contribution in [0.4, 0.5) is 8.78 Å². The lowest BCUT2D eigenvalue weighted by Crippen LogP contribution is -2.30. The number of fused-ring (bicyclic) bond motifs is 2. The first-order chi connectivity index (χ1) is 14.5. The van der Waals surface area contributed by atoms with Gasteiger partial charge in [0, 0.05) is 5.39 Å². The SMILES string of the molecule is CCCCC1CCC2CC(c3cc4ccc(C(=O)OC)c(F)c4cc3F)CCC2C1. The van der Waals surface area contributed by atoms with Crippen LogP contribution in [0.15, 0.2) is 24.3 Å². The number of carbonyl (C=O) groups is 1. The molecule has 2 saturated carbocycles. The van der Waals surface area contributed by atoms with Gasteiger partial charge in [0.1, 0.15) is 11.6 Å². The predicted octanol–water partition coefficient (Wildman–Crippen LogP) is 7.39. The molecule has 2 aliphatic rings. The van der Waals surface area contributed by atoms with E-state index in [1.54, 1.807) is 12.1 Å². The molecule has 0 aliphatic heterocycles. The largest absolute Gasteiger partial charge is 0.465 e. The quantitative estimate of drug-likeness (QED) is 0.477. The van der Waals surface area contributed by atoms with Crippen LogP contribution in [0.1, 0.15) is 86.6 Å². The monoisotopic (exact) mass is 414 g/mol. The Balaban J connectivity index is 1.53. The van der Waals surface area contributed by atoms with Gasteiger partial charge in [-0.15, -0.1) is 0 Å². The Morgan fingerprint density at radius 3 is 2.60 bits per heavy atom. The van der Waals surface area contributed by atoms with E-state index in [-0.39, 0.29) is 22.7 Å². The maximum Gasteiger partial charge on any atom is 0.340 e. The van der Waals surface area contributed by atoms with Crippen molar-refractivity contribution in [2.24, 2.45) is 17.8 Å². The molecule has 2 nitrogen and oxygen atoms in total. The minimum atomic E-state index is -0.744. The van der Waals surface area contributed by atoms with Gasteiger partial charge in [-0.25, -0.2) is 13.6 Å². The number of unbranched alkanes of at least 4 members (excludes halogenated alkanes) is 1. The van der Waals surface area contributed by atoms with Gasteiger partial charge in [-0.2, -0.15) is 0 Å². The molecule has 2 fully saturated rings. The summed E-state index contributed by atoms with van der Waals surface area (Å²) in [7, 11) is 1.21. The third kappa shape index (κ3) is 4.10. The molecule has 162 valence electrons. The van der Waals surface area contributed by atoms with E-state index in [2.05, 4.69) is 11.7 Å². The molecule has 4 atom stereocenters. The molecule has 0 bridgehead atoms. The summed E-state index contributed by atoms with van der Waals surface area (Å²) in [4.78, 5) is 11.7. The van der Waals surface area contributed by atoms with Crippen LogP contribution in [0.2, 0.25) is 0 Å². The number of hydrogen-bond donors (Lipinski definition) is 0. The highest BCUT2D eigenvalue weighted by Crippen LogP contribution is 2.49. The van der Waals surface area contributed by atoms with Crippen LogP contribution in [-0.4, -0.2) is 13.1 Å². The topological polar surface area (TPSA) is 26.3 Å². The molecular weight excluding hydrogens is 382 g/mol. The molecule has 0 N–H and O–H groups in total. The average Bonchev–Trinajstić information content (AvgIpc) is 2.77. The van der Waals surface area contributed by atoms with E-state index in [4.69, 9.17) is 0 Å². The molecule has 2 aromatic rings. The fourth-order valence-corrected chi connectivity index (χ4v) is 5.93. The van der Waals surface area contributed by atoms with Crippen molar-refractivity contribution in [1.82, 2.24) is 0 Å². The Kier molecular flexibility index (Phi) is 6.40. The zero-order chi connectivity index (χ0) is 21.3. The first kappa shape index (κ1) is 21.3. The molecule has 0 radical (unpaired) electrons. The molecule has 4 rings (SSSR count). The number of carbonyl (C=O) groups excluding carboxylic acids is 1. The van der Waals surface area contributed by atoms with Crippen molar-refractivity contribution >= 4 is 16.7 Å². The highest BCUT2D eigenvalue weighted by molar-refractivity contribution is 5.96. The molecule has 30 heavy (non-hydrogen) atoms. The molecule has 4 heteroatoms. The number of esters is 1. The summed E-state index contributed by atoms with van der Waals surface area (Å²) >= 11 is 0. The van der Waals surface area contributed by atoms with E-state index in [9.17, 15) is 9.18 Å². The first-order valence-electron chi connectivity index (χ1n) is 11.5. The van der Waals surface area contributed by atoms with E-state index in [0.29, 0.717) is 16.9 Å². The fourth-order valence-electron chi connectivity index (χ4n) is 5.93. The number of hydrogen-bond acceptors (Lipinski definition) is 2. The highest BCUT2D eigenvalue weighted by atomic mass is 19.1. The van der Waals surface area contributed by atoms with Crippen molar-refractivity contribution < 1.29 is 18.3 Å². The summed E-state index contributed by atoms with van der Waals surface area (Å²) < 4.78 is 34.4. The number of rotatable bonds is 5. The Labute approximate surface area is 178 Å². The summed E-state index contributed by atoms with van der Waals surface area (Å²) in [6.07, 6.45) is 11.1. The average molecular weight is 415 g/mol. The van der Waals surface area contributed by atoms with Gasteiger partial charge in [-0.3, -0.25) is 0 Å². The summed E-state index contributed by atoms with van der Waals surface area (Å²) in [5.41, 5.74) is 0.553. The molecule has 2 aromatic carbocycles. The molecule has 0 spiro atoms. The smallest absolute Gasteiger partial charge is 0.340 e. The van der Waals surface area contributed by atoms with Crippen molar-refractivity contribution in [1.29, 1.82) is 0 Å². The van der Waals surface area contributed by atoms with Crippen molar-refractivity contribution in [3.05, 3.63) is 47.0 Å². The van der Waals surface area contributed by atoms with Gasteiger partial charge in [0.05, 0.1) is 12.7 Å². The van der Waals surface area contributed by atoms with Gasteiger partial charge in [0.15, 0.2) is 0 Å². The lowest BCUT2D eigenvalue weighted by atomic mass is 9.63. The van der Waals surface area contributed by atoms with Crippen molar-refractivity contribution in [3.8, 4) is 0 Å². The molecule has 0 heterocycles. The molecule has 0 saturated heterocycles. The summed E-state index contributed by atoms with van der Waals surface area (Å²) in [6.45, 7) is 2.26. The van der Waals surface area contributed by atoms with Crippen molar-refractivity contribution in [2.45, 2.75) is 70.6 Å². The normalized spacial score (nSPS) is 26.4. The first-order valence-corrected chi connectivity index (χ1v) is 11.5. The zero-order valence-corrected chi connectivity index (χ0v) is 18.1. The third-order valence-electron chi connectivity index (χ3n) is 7.60. The standard InChI is InChI=1S/C26H32F2O2/c1-3-4-5-16-6-7-18-13-19(9-8-17(18)12-16)22-14-20-10-11-21(26(29)30-2)25(28)23(20)15-24(22)27/h10-11,14-19H,3-9,12-13H2,1-2H3. The number of methoxy groups -OCH3 is 1. The van der Waals surface area contributed by atoms with Gasteiger partial charge in [0.25, 0.3) is 0 Å². The second kappa shape index (κ2) is 9.03. The number of benzene rings is 2. The second-order valence-electron chi connectivity index (χ2n) is 9.36. The van der Waals surface area contributed by atoms with Crippen LogP contribution < -0.4 is 0 Å². The maximum atomic E-state index is 15.0.